The van der Waals surface area contributed by atoms with Gasteiger partial charge in [0.15, 0.2) is 0 Å². The van der Waals surface area contributed by atoms with Gasteiger partial charge in [-0.2, -0.15) is 0 Å². The minimum absolute atomic E-state index is 0. The second-order valence-corrected chi connectivity index (χ2v) is 8.27. The Balaban J connectivity index is 0.00000196. The maximum Gasteiger partial charge on any atom is 0.253 e. The molecule has 6 heteroatoms. The smallest absolute Gasteiger partial charge is 0.253 e. The summed E-state index contributed by atoms with van der Waals surface area (Å²) in [5.74, 6) is 1.11. The number of benzene rings is 1. The van der Waals surface area contributed by atoms with Gasteiger partial charge in [0.2, 0.25) is 0 Å². The summed E-state index contributed by atoms with van der Waals surface area (Å²) in [6.07, 6.45) is 4.95. The fraction of sp³-hybridized carbons (Fsp3) is 0.682. The number of piperidine rings is 1. The second kappa shape index (κ2) is 12.0. The van der Waals surface area contributed by atoms with Crippen LogP contribution in [0, 0.1) is 5.92 Å². The summed E-state index contributed by atoms with van der Waals surface area (Å²) in [6, 6.07) is 9.37. The maximum absolute atomic E-state index is 12.8. The number of hydrogen-bond donors (Lipinski definition) is 1. The number of carbonyl (C=O) groups excluding carboxylic acids is 1. The molecule has 1 aromatic rings. The average Bonchev–Trinajstić information content (AvgIpc) is 3.49. The molecule has 0 radical (unpaired) electrons. The van der Waals surface area contributed by atoms with Crippen molar-refractivity contribution >= 4 is 30.7 Å². The molecule has 1 amide bonds. The predicted octanol–water partition coefficient (Wildman–Crippen LogP) is 4.36. The van der Waals surface area contributed by atoms with Gasteiger partial charge in [-0.15, -0.1) is 24.8 Å². The van der Waals surface area contributed by atoms with Crippen LogP contribution in [0.3, 0.4) is 0 Å². The van der Waals surface area contributed by atoms with Gasteiger partial charge in [-0.3, -0.25) is 9.69 Å². The Bertz CT molecular complexity index is 582. The van der Waals surface area contributed by atoms with E-state index in [-0.39, 0.29) is 30.7 Å². The molecular formula is C22H37Cl2N3O. The first-order valence-corrected chi connectivity index (χ1v) is 10.4. The van der Waals surface area contributed by atoms with Crippen LogP contribution in [0.4, 0.5) is 0 Å². The molecule has 4 nitrogen and oxygen atoms in total. The van der Waals surface area contributed by atoms with Crippen LogP contribution in [0.1, 0.15) is 62.4 Å². The summed E-state index contributed by atoms with van der Waals surface area (Å²) in [4.78, 5) is 17.2. The van der Waals surface area contributed by atoms with Crippen LogP contribution in [-0.4, -0.2) is 54.0 Å². The lowest BCUT2D eigenvalue weighted by Gasteiger charge is -2.32. The average molecular weight is 430 g/mol. The van der Waals surface area contributed by atoms with Gasteiger partial charge < -0.3 is 10.2 Å². The molecule has 1 aromatic carbocycles. The molecule has 0 spiro atoms. The lowest BCUT2D eigenvalue weighted by Crippen LogP contribution is -2.45. The van der Waals surface area contributed by atoms with E-state index in [0.29, 0.717) is 12.1 Å². The summed E-state index contributed by atoms with van der Waals surface area (Å²) >= 11 is 0. The first-order chi connectivity index (χ1) is 12.6. The standard InChI is InChI=1S/C22H35N3O.2ClH/c1-4-24(17(2)3)16-19-7-9-20(10-8-19)22(26)25-13-11-21(12-14-25)23-15-18-5-6-18;;/h7-10,17-18,21,23H,4-6,11-16H2,1-3H3;2*1H. The fourth-order valence-corrected chi connectivity index (χ4v) is 3.77. The third kappa shape index (κ3) is 7.22. The third-order valence-electron chi connectivity index (χ3n) is 5.90. The van der Waals surface area contributed by atoms with E-state index >= 15 is 0 Å². The van der Waals surface area contributed by atoms with Crippen molar-refractivity contribution in [2.24, 2.45) is 5.92 Å². The molecule has 1 N–H and O–H groups in total. The minimum atomic E-state index is 0. The summed E-state index contributed by atoms with van der Waals surface area (Å²) in [7, 11) is 0. The van der Waals surface area contributed by atoms with Gasteiger partial charge in [-0.1, -0.05) is 19.1 Å². The van der Waals surface area contributed by atoms with Gasteiger partial charge in [-0.05, 0) is 76.2 Å². The highest BCUT2D eigenvalue weighted by Gasteiger charge is 2.26. The number of rotatable bonds is 8. The highest BCUT2D eigenvalue weighted by atomic mass is 35.5. The van der Waals surface area contributed by atoms with Gasteiger partial charge in [0.1, 0.15) is 0 Å². The van der Waals surface area contributed by atoms with Crippen LogP contribution in [-0.2, 0) is 6.54 Å². The minimum Gasteiger partial charge on any atom is -0.339 e. The van der Waals surface area contributed by atoms with Crippen LogP contribution >= 0.6 is 24.8 Å². The number of nitrogens with zero attached hydrogens (tertiary/aromatic N) is 2. The van der Waals surface area contributed by atoms with E-state index in [1.165, 1.54) is 24.9 Å². The molecule has 160 valence electrons. The molecule has 1 heterocycles. The molecule has 1 saturated carbocycles. The molecule has 3 rings (SSSR count). The third-order valence-corrected chi connectivity index (χ3v) is 5.90. The number of hydrogen-bond acceptors (Lipinski definition) is 3. The Kier molecular flexibility index (Phi) is 10.8. The van der Waals surface area contributed by atoms with Gasteiger partial charge >= 0.3 is 0 Å². The van der Waals surface area contributed by atoms with Gasteiger partial charge in [-0.25, -0.2) is 0 Å². The topological polar surface area (TPSA) is 35.6 Å². The molecule has 1 aliphatic heterocycles. The zero-order valence-corrected chi connectivity index (χ0v) is 19.2. The number of nitrogens with one attached hydrogen (secondary N) is 1. The van der Waals surface area contributed by atoms with E-state index in [1.807, 2.05) is 17.0 Å². The number of amides is 1. The Labute approximate surface area is 183 Å². The van der Waals surface area contributed by atoms with E-state index in [2.05, 4.69) is 43.1 Å². The fourth-order valence-electron chi connectivity index (χ4n) is 3.77. The van der Waals surface area contributed by atoms with Crippen LogP contribution in [0.5, 0.6) is 0 Å². The Morgan fingerprint density at radius 2 is 1.71 bits per heavy atom. The zero-order valence-electron chi connectivity index (χ0n) is 17.5. The molecule has 1 aliphatic carbocycles. The van der Waals surface area contributed by atoms with Crippen molar-refractivity contribution < 1.29 is 4.79 Å². The summed E-state index contributed by atoms with van der Waals surface area (Å²) in [5, 5.41) is 3.68. The van der Waals surface area contributed by atoms with Crippen molar-refractivity contribution in [3.8, 4) is 0 Å². The molecular weight excluding hydrogens is 393 g/mol. The first-order valence-electron chi connectivity index (χ1n) is 10.4. The molecule has 2 aliphatic rings. The van der Waals surface area contributed by atoms with E-state index in [4.69, 9.17) is 0 Å². The van der Waals surface area contributed by atoms with Gasteiger partial charge in [0.05, 0.1) is 0 Å². The molecule has 1 saturated heterocycles. The number of carbonyl (C=O) groups is 1. The molecule has 0 aromatic heterocycles. The van der Waals surface area contributed by atoms with Crippen LogP contribution in [0.25, 0.3) is 0 Å². The van der Waals surface area contributed by atoms with Crippen molar-refractivity contribution in [1.29, 1.82) is 0 Å². The summed E-state index contributed by atoms with van der Waals surface area (Å²) in [6.45, 7) is 11.6. The summed E-state index contributed by atoms with van der Waals surface area (Å²) in [5.41, 5.74) is 2.10. The normalized spacial score (nSPS) is 17.4. The summed E-state index contributed by atoms with van der Waals surface area (Å²) < 4.78 is 0. The monoisotopic (exact) mass is 429 g/mol. The van der Waals surface area contributed by atoms with Crippen LogP contribution in [0.15, 0.2) is 24.3 Å². The Morgan fingerprint density at radius 1 is 1.11 bits per heavy atom. The number of halogens is 2. The highest BCUT2D eigenvalue weighted by molar-refractivity contribution is 5.94. The van der Waals surface area contributed by atoms with Crippen molar-refractivity contribution in [3.63, 3.8) is 0 Å². The second-order valence-electron chi connectivity index (χ2n) is 8.27. The maximum atomic E-state index is 12.8. The van der Waals surface area contributed by atoms with Crippen molar-refractivity contribution in [2.75, 3.05) is 26.2 Å². The van der Waals surface area contributed by atoms with E-state index in [0.717, 1.165) is 50.5 Å². The number of likely N-dealkylation sites (tertiary alicyclic amines) is 1. The highest BCUT2D eigenvalue weighted by Crippen LogP contribution is 2.28. The van der Waals surface area contributed by atoms with E-state index < -0.39 is 0 Å². The van der Waals surface area contributed by atoms with E-state index in [1.54, 1.807) is 0 Å². The SMILES string of the molecule is CCN(Cc1ccc(C(=O)N2CCC(NCC3CC3)CC2)cc1)C(C)C.Cl.Cl. The molecule has 2 fully saturated rings. The van der Waals surface area contributed by atoms with Gasteiger partial charge in [0.25, 0.3) is 5.91 Å². The Morgan fingerprint density at radius 3 is 2.21 bits per heavy atom. The quantitative estimate of drug-likeness (QED) is 0.666. The van der Waals surface area contributed by atoms with Gasteiger partial charge in [0, 0.05) is 37.3 Å². The van der Waals surface area contributed by atoms with Crippen molar-refractivity contribution in [3.05, 3.63) is 35.4 Å². The van der Waals surface area contributed by atoms with Crippen LogP contribution < -0.4 is 5.32 Å². The first kappa shape index (κ1) is 25.2. The molecule has 0 bridgehead atoms. The Hall–Kier alpha value is -0.810. The molecule has 28 heavy (non-hydrogen) atoms. The van der Waals surface area contributed by atoms with Crippen molar-refractivity contribution in [1.82, 2.24) is 15.1 Å². The predicted molar refractivity (Wildman–Crippen MR) is 122 cm³/mol. The largest absolute Gasteiger partial charge is 0.339 e. The molecule has 0 atom stereocenters. The van der Waals surface area contributed by atoms with Crippen LogP contribution in [0.2, 0.25) is 0 Å². The van der Waals surface area contributed by atoms with Crippen molar-refractivity contribution in [2.45, 2.75) is 65.1 Å². The van der Waals surface area contributed by atoms with E-state index in [9.17, 15) is 4.79 Å². The lowest BCUT2D eigenvalue weighted by molar-refractivity contribution is 0.0705. The lowest BCUT2D eigenvalue weighted by atomic mass is 10.0. The molecule has 0 unspecified atom stereocenters. The zero-order chi connectivity index (χ0) is 18.5.